The van der Waals surface area contributed by atoms with Gasteiger partial charge in [0.25, 0.3) is 5.91 Å². The Hall–Kier alpha value is -2.77. The third-order valence-corrected chi connectivity index (χ3v) is 3.74. The summed E-state index contributed by atoms with van der Waals surface area (Å²) in [5.74, 6) is -2.11. The Balaban J connectivity index is 2.36. The maximum atomic E-state index is 14.1. The van der Waals surface area contributed by atoms with E-state index in [0.29, 0.717) is 5.82 Å². The second kappa shape index (κ2) is 8.07. The molecule has 1 atom stereocenters. The largest absolute Gasteiger partial charge is 0.480 e. The number of halogens is 1. The van der Waals surface area contributed by atoms with Gasteiger partial charge in [0.15, 0.2) is 0 Å². The van der Waals surface area contributed by atoms with Crippen LogP contribution >= 0.6 is 0 Å². The number of para-hydroxylation sites is 1. The van der Waals surface area contributed by atoms with Gasteiger partial charge >= 0.3 is 5.97 Å². The lowest BCUT2D eigenvalue weighted by atomic mass is 10.0. The van der Waals surface area contributed by atoms with E-state index in [4.69, 9.17) is 0 Å². The zero-order chi connectivity index (χ0) is 19.4. The quantitative estimate of drug-likeness (QED) is 0.789. The normalized spacial score (nSPS) is 12.4. The van der Waals surface area contributed by atoms with Gasteiger partial charge in [-0.2, -0.15) is 0 Å². The van der Waals surface area contributed by atoms with Gasteiger partial charge in [-0.25, -0.2) is 18.9 Å². The molecule has 1 aromatic heterocycles. The molecule has 1 amide bonds. The first-order chi connectivity index (χ1) is 12.2. The summed E-state index contributed by atoms with van der Waals surface area (Å²) < 4.78 is 15.4. The molecule has 0 saturated heterocycles. The second-order valence-electron chi connectivity index (χ2n) is 6.81. The van der Waals surface area contributed by atoms with Crippen molar-refractivity contribution in [3.8, 4) is 5.69 Å². The highest BCUT2D eigenvalue weighted by Crippen LogP contribution is 2.19. The van der Waals surface area contributed by atoms with Gasteiger partial charge in [0.1, 0.15) is 23.4 Å². The average Bonchev–Trinajstić information content (AvgIpc) is 2.99. The molecule has 8 heteroatoms. The van der Waals surface area contributed by atoms with E-state index >= 15 is 0 Å². The topological polar surface area (TPSA) is 97.1 Å². The van der Waals surface area contributed by atoms with Crippen molar-refractivity contribution in [1.29, 1.82) is 0 Å². The number of nitrogens with zero attached hydrogens (tertiary/aromatic N) is 3. The molecular weight excluding hydrogens is 339 g/mol. The fourth-order valence-electron chi connectivity index (χ4n) is 2.51. The highest BCUT2D eigenvalue weighted by atomic mass is 19.1. The van der Waals surface area contributed by atoms with E-state index in [-0.39, 0.29) is 29.8 Å². The number of hydrogen-bond donors (Lipinski definition) is 2. The minimum absolute atomic E-state index is 0.0894. The average molecular weight is 362 g/mol. The maximum Gasteiger partial charge on any atom is 0.326 e. The molecule has 2 N–H and O–H groups in total. The van der Waals surface area contributed by atoms with Crippen molar-refractivity contribution >= 4 is 11.9 Å². The molecule has 2 aromatic rings. The molecule has 0 unspecified atom stereocenters. The molecule has 0 aliphatic rings. The van der Waals surface area contributed by atoms with Crippen LogP contribution in [0.3, 0.4) is 0 Å². The summed E-state index contributed by atoms with van der Waals surface area (Å²) in [5, 5.41) is 15.8. The van der Waals surface area contributed by atoms with E-state index in [2.05, 4.69) is 15.4 Å². The summed E-state index contributed by atoms with van der Waals surface area (Å²) in [7, 11) is 0. The maximum absolute atomic E-state index is 14.1. The lowest BCUT2D eigenvalue weighted by Crippen LogP contribution is -2.42. The lowest BCUT2D eigenvalue weighted by molar-refractivity contribution is -0.139. The Morgan fingerprint density at radius 2 is 1.88 bits per heavy atom. The van der Waals surface area contributed by atoms with Crippen molar-refractivity contribution in [2.75, 3.05) is 0 Å². The highest BCUT2D eigenvalue weighted by molar-refractivity contribution is 5.93. The van der Waals surface area contributed by atoms with Crippen LogP contribution in [0.2, 0.25) is 0 Å². The molecule has 7 nitrogen and oxygen atoms in total. The Labute approximate surface area is 151 Å². The minimum atomic E-state index is -1.12. The summed E-state index contributed by atoms with van der Waals surface area (Å²) >= 11 is 0. The monoisotopic (exact) mass is 362 g/mol. The van der Waals surface area contributed by atoms with Crippen LogP contribution in [-0.2, 0) is 4.79 Å². The van der Waals surface area contributed by atoms with E-state index in [1.165, 1.54) is 16.8 Å². The van der Waals surface area contributed by atoms with Crippen LogP contribution in [0.25, 0.3) is 5.69 Å². The summed E-state index contributed by atoms with van der Waals surface area (Å²) in [4.78, 5) is 28.0. The number of aliphatic carboxylic acids is 1. The van der Waals surface area contributed by atoms with Gasteiger partial charge in [-0.05, 0) is 24.5 Å². The first-order valence-corrected chi connectivity index (χ1v) is 8.46. The number of benzene rings is 1. The highest BCUT2D eigenvalue weighted by Gasteiger charge is 2.26. The molecule has 0 aliphatic heterocycles. The summed E-state index contributed by atoms with van der Waals surface area (Å²) in [6, 6.07) is 5.01. The molecule has 1 heterocycles. The molecule has 0 aliphatic carbocycles. The lowest BCUT2D eigenvalue weighted by Gasteiger charge is -2.15. The van der Waals surface area contributed by atoms with Crippen LogP contribution in [0.4, 0.5) is 4.39 Å². The fraction of sp³-hybridized carbons (Fsp3) is 0.444. The number of carboxylic acid groups (broad SMARTS) is 1. The SMILES string of the molecule is CC(C)C[C@@H](NC(=O)c1nc(C(C)C)n(-c2ccccc2F)n1)C(=O)O. The third kappa shape index (κ3) is 4.44. The third-order valence-electron chi connectivity index (χ3n) is 3.74. The van der Waals surface area contributed by atoms with E-state index in [1.54, 1.807) is 12.1 Å². The Morgan fingerprint density at radius 3 is 2.42 bits per heavy atom. The summed E-state index contributed by atoms with van der Waals surface area (Å²) in [6.07, 6.45) is 0.284. The second-order valence-corrected chi connectivity index (χ2v) is 6.81. The van der Waals surface area contributed by atoms with Crippen LogP contribution in [-0.4, -0.2) is 37.8 Å². The van der Waals surface area contributed by atoms with Crippen LogP contribution in [0.5, 0.6) is 0 Å². The zero-order valence-electron chi connectivity index (χ0n) is 15.2. The predicted octanol–water partition coefficient (Wildman–Crippen LogP) is 2.76. The van der Waals surface area contributed by atoms with Crippen molar-refractivity contribution in [3.63, 3.8) is 0 Å². The molecule has 0 spiro atoms. The minimum Gasteiger partial charge on any atom is -0.480 e. The van der Waals surface area contributed by atoms with Gasteiger partial charge in [0.2, 0.25) is 5.82 Å². The number of rotatable bonds is 7. The Morgan fingerprint density at radius 1 is 1.23 bits per heavy atom. The van der Waals surface area contributed by atoms with E-state index in [1.807, 2.05) is 27.7 Å². The molecule has 26 heavy (non-hydrogen) atoms. The summed E-state index contributed by atoms with van der Waals surface area (Å²) in [5.41, 5.74) is 0.180. The van der Waals surface area contributed by atoms with Gasteiger partial charge in [0, 0.05) is 5.92 Å². The zero-order valence-corrected chi connectivity index (χ0v) is 15.2. The van der Waals surface area contributed by atoms with Crippen LogP contribution in [0.15, 0.2) is 24.3 Å². The van der Waals surface area contributed by atoms with Gasteiger partial charge in [0.05, 0.1) is 0 Å². The molecule has 0 radical (unpaired) electrons. The van der Waals surface area contributed by atoms with Crippen LogP contribution < -0.4 is 5.32 Å². The number of carbonyl (C=O) groups is 2. The first kappa shape index (κ1) is 19.6. The summed E-state index contributed by atoms with van der Waals surface area (Å²) in [6.45, 7) is 7.43. The molecule has 2 rings (SSSR count). The first-order valence-electron chi connectivity index (χ1n) is 8.46. The molecular formula is C18H23FN4O3. The van der Waals surface area contributed by atoms with Crippen molar-refractivity contribution in [2.45, 2.75) is 46.1 Å². The number of amides is 1. The van der Waals surface area contributed by atoms with Gasteiger partial charge in [-0.1, -0.05) is 39.8 Å². The number of aromatic nitrogens is 3. The molecule has 0 fully saturated rings. The van der Waals surface area contributed by atoms with Gasteiger partial charge in [-0.3, -0.25) is 4.79 Å². The van der Waals surface area contributed by atoms with Gasteiger partial charge in [-0.15, -0.1) is 5.10 Å². The van der Waals surface area contributed by atoms with Crippen molar-refractivity contribution in [3.05, 3.63) is 41.7 Å². The van der Waals surface area contributed by atoms with E-state index < -0.39 is 23.7 Å². The number of hydrogen-bond acceptors (Lipinski definition) is 4. The smallest absolute Gasteiger partial charge is 0.326 e. The van der Waals surface area contributed by atoms with Gasteiger partial charge < -0.3 is 10.4 Å². The van der Waals surface area contributed by atoms with E-state index in [0.717, 1.165) is 0 Å². The van der Waals surface area contributed by atoms with Crippen LogP contribution in [0, 0.1) is 11.7 Å². The molecule has 0 bridgehead atoms. The Kier molecular flexibility index (Phi) is 6.07. The number of carboxylic acids is 1. The van der Waals surface area contributed by atoms with E-state index in [9.17, 15) is 19.1 Å². The Bertz CT molecular complexity index is 801. The molecule has 140 valence electrons. The predicted molar refractivity (Wildman–Crippen MR) is 93.8 cm³/mol. The molecule has 0 saturated carbocycles. The fourth-order valence-corrected chi connectivity index (χ4v) is 2.51. The van der Waals surface area contributed by atoms with Crippen molar-refractivity contribution < 1.29 is 19.1 Å². The number of nitrogens with one attached hydrogen (secondary N) is 1. The van der Waals surface area contributed by atoms with Crippen molar-refractivity contribution in [1.82, 2.24) is 20.1 Å². The van der Waals surface area contributed by atoms with Crippen molar-refractivity contribution in [2.24, 2.45) is 5.92 Å². The molecule has 1 aromatic carbocycles. The number of carbonyl (C=O) groups excluding carboxylic acids is 1. The van der Waals surface area contributed by atoms with Crippen LogP contribution in [0.1, 0.15) is 56.5 Å². The standard InChI is InChI=1S/C18H23FN4O3/c1-10(2)9-13(18(25)26)20-17(24)15-21-16(11(3)4)23(22-15)14-8-6-5-7-12(14)19/h5-8,10-11,13H,9H2,1-4H3,(H,20,24)(H,25,26)/t13-/m1/s1.